The highest BCUT2D eigenvalue weighted by atomic mass is 32.1. The predicted octanol–water partition coefficient (Wildman–Crippen LogP) is 5.58. The molecule has 0 aliphatic rings. The number of amides is 1. The number of fused-ring (bicyclic) bond motifs is 2. The van der Waals surface area contributed by atoms with Crippen LogP contribution in [0.1, 0.15) is 73.7 Å². The summed E-state index contributed by atoms with van der Waals surface area (Å²) in [6.07, 6.45) is 1.76. The van der Waals surface area contributed by atoms with Gasteiger partial charge in [0.1, 0.15) is 5.01 Å². The van der Waals surface area contributed by atoms with Crippen molar-refractivity contribution in [1.29, 1.82) is 0 Å². The number of benzene rings is 1. The Labute approximate surface area is 180 Å². The summed E-state index contributed by atoms with van der Waals surface area (Å²) < 4.78 is 3.02. The van der Waals surface area contributed by atoms with Crippen molar-refractivity contribution in [2.45, 2.75) is 52.6 Å². The summed E-state index contributed by atoms with van der Waals surface area (Å²) >= 11 is 1.63. The zero-order valence-electron chi connectivity index (χ0n) is 18.2. The molecule has 0 N–H and O–H groups in total. The van der Waals surface area contributed by atoms with Crippen LogP contribution in [0.2, 0.25) is 0 Å². The maximum absolute atomic E-state index is 13.6. The maximum atomic E-state index is 13.6. The molecule has 156 valence electrons. The van der Waals surface area contributed by atoms with Crippen LogP contribution in [0.3, 0.4) is 0 Å². The Morgan fingerprint density at radius 3 is 2.50 bits per heavy atom. The second-order valence-electron chi connectivity index (χ2n) is 8.28. The van der Waals surface area contributed by atoms with E-state index >= 15 is 0 Å². The standard InChI is InChI=1S/C23H27N5OS/c1-13(2)19-11-16(17-12-24-28(14(3)4)21(17)25-19)23(29)27(6)15(5)22-26-18-9-7-8-10-20(18)30-22/h7-15H,1-6H3/t15-/m1/s1. The molecule has 0 saturated carbocycles. The quantitative estimate of drug-likeness (QED) is 0.422. The van der Waals surface area contributed by atoms with E-state index in [1.807, 2.05) is 42.9 Å². The number of hydrogen-bond acceptors (Lipinski definition) is 5. The highest BCUT2D eigenvalue weighted by molar-refractivity contribution is 7.18. The average molecular weight is 422 g/mol. The first kappa shape index (κ1) is 20.5. The van der Waals surface area contributed by atoms with Crippen LogP contribution in [0.25, 0.3) is 21.3 Å². The van der Waals surface area contributed by atoms with E-state index in [0.29, 0.717) is 5.56 Å². The summed E-state index contributed by atoms with van der Waals surface area (Å²) in [6.45, 7) is 10.3. The van der Waals surface area contributed by atoms with Crippen molar-refractivity contribution in [3.05, 3.63) is 52.8 Å². The summed E-state index contributed by atoms with van der Waals surface area (Å²) in [5.41, 5.74) is 3.28. The van der Waals surface area contributed by atoms with Crippen LogP contribution in [0.15, 0.2) is 36.5 Å². The van der Waals surface area contributed by atoms with Crippen LogP contribution in [0.5, 0.6) is 0 Å². The minimum atomic E-state index is -0.138. The maximum Gasteiger partial charge on any atom is 0.255 e. The van der Waals surface area contributed by atoms with Crippen molar-refractivity contribution in [3.63, 3.8) is 0 Å². The number of aromatic nitrogens is 4. The van der Waals surface area contributed by atoms with Gasteiger partial charge in [-0.25, -0.2) is 14.6 Å². The normalized spacial score (nSPS) is 12.9. The van der Waals surface area contributed by atoms with E-state index in [2.05, 4.69) is 38.9 Å². The number of carbonyl (C=O) groups is 1. The van der Waals surface area contributed by atoms with Crippen molar-refractivity contribution in [3.8, 4) is 0 Å². The Morgan fingerprint density at radius 1 is 1.10 bits per heavy atom. The lowest BCUT2D eigenvalue weighted by molar-refractivity contribution is 0.0744. The molecule has 1 amide bonds. The lowest BCUT2D eigenvalue weighted by Gasteiger charge is -2.24. The molecular weight excluding hydrogens is 394 g/mol. The number of pyridine rings is 1. The molecule has 3 aromatic heterocycles. The third kappa shape index (κ3) is 3.47. The summed E-state index contributed by atoms with van der Waals surface area (Å²) in [6, 6.07) is 10.0. The summed E-state index contributed by atoms with van der Waals surface area (Å²) in [4.78, 5) is 24.9. The van der Waals surface area contributed by atoms with E-state index in [4.69, 9.17) is 9.97 Å². The highest BCUT2D eigenvalue weighted by Gasteiger charge is 2.26. The second kappa shape index (κ2) is 7.80. The van der Waals surface area contributed by atoms with Gasteiger partial charge in [-0.1, -0.05) is 26.0 Å². The van der Waals surface area contributed by atoms with Crippen molar-refractivity contribution in [2.75, 3.05) is 7.05 Å². The largest absolute Gasteiger partial charge is 0.332 e. The van der Waals surface area contributed by atoms with Gasteiger partial charge in [-0.05, 0) is 44.9 Å². The van der Waals surface area contributed by atoms with Crippen LogP contribution in [-0.4, -0.2) is 37.6 Å². The van der Waals surface area contributed by atoms with Crippen LogP contribution in [-0.2, 0) is 0 Å². The fourth-order valence-electron chi connectivity index (χ4n) is 3.49. The Morgan fingerprint density at radius 2 is 1.83 bits per heavy atom. The molecule has 0 radical (unpaired) electrons. The molecule has 0 aliphatic carbocycles. The molecule has 30 heavy (non-hydrogen) atoms. The fourth-order valence-corrected chi connectivity index (χ4v) is 4.55. The third-order valence-corrected chi connectivity index (χ3v) is 6.67. The third-order valence-electron chi connectivity index (χ3n) is 5.47. The number of carbonyl (C=O) groups excluding carboxylic acids is 1. The number of rotatable bonds is 5. The molecule has 0 spiro atoms. The highest BCUT2D eigenvalue weighted by Crippen LogP contribution is 2.31. The molecule has 1 atom stereocenters. The van der Waals surface area contributed by atoms with Crippen molar-refractivity contribution >= 4 is 38.5 Å². The van der Waals surface area contributed by atoms with Gasteiger partial charge in [0.15, 0.2) is 5.65 Å². The van der Waals surface area contributed by atoms with E-state index < -0.39 is 0 Å². The van der Waals surface area contributed by atoms with Gasteiger partial charge in [-0.2, -0.15) is 5.10 Å². The van der Waals surface area contributed by atoms with Crippen molar-refractivity contribution < 1.29 is 4.79 Å². The average Bonchev–Trinajstić information content (AvgIpc) is 3.35. The summed E-state index contributed by atoms with van der Waals surface area (Å²) in [5.74, 6) is 0.169. The Kier molecular flexibility index (Phi) is 5.32. The molecule has 0 bridgehead atoms. The molecular formula is C23H27N5OS. The van der Waals surface area contributed by atoms with Gasteiger partial charge in [0.05, 0.1) is 33.4 Å². The zero-order valence-corrected chi connectivity index (χ0v) is 19.1. The molecule has 0 aliphatic heterocycles. The molecule has 0 unspecified atom stereocenters. The van der Waals surface area contributed by atoms with Gasteiger partial charge in [-0.15, -0.1) is 11.3 Å². The number of thiazole rings is 1. The smallest absolute Gasteiger partial charge is 0.255 e. The van der Waals surface area contributed by atoms with Gasteiger partial charge in [0.2, 0.25) is 0 Å². The Bertz CT molecular complexity index is 1190. The SMILES string of the molecule is CC(C)c1cc(C(=O)N(C)[C@H](C)c2nc3ccccc3s2)c2cnn(C(C)C)c2n1. The molecule has 0 saturated heterocycles. The fraction of sp³-hybridized carbons (Fsp3) is 0.391. The Hall–Kier alpha value is -2.80. The van der Waals surface area contributed by atoms with E-state index in [-0.39, 0.29) is 23.9 Å². The zero-order chi connectivity index (χ0) is 21.6. The van der Waals surface area contributed by atoms with Crippen LogP contribution < -0.4 is 0 Å². The van der Waals surface area contributed by atoms with Crippen LogP contribution in [0.4, 0.5) is 0 Å². The predicted molar refractivity (Wildman–Crippen MR) is 122 cm³/mol. The second-order valence-corrected chi connectivity index (χ2v) is 9.34. The summed E-state index contributed by atoms with van der Waals surface area (Å²) in [5, 5.41) is 6.23. The number of hydrogen-bond donors (Lipinski definition) is 0. The molecule has 4 rings (SSSR count). The number of nitrogens with zero attached hydrogens (tertiary/aromatic N) is 5. The van der Waals surface area contributed by atoms with E-state index in [0.717, 1.165) is 32.0 Å². The van der Waals surface area contributed by atoms with Crippen molar-refractivity contribution in [2.24, 2.45) is 0 Å². The minimum absolute atomic E-state index is 0.0423. The van der Waals surface area contributed by atoms with Crippen LogP contribution >= 0.6 is 11.3 Å². The first-order valence-corrected chi connectivity index (χ1v) is 11.1. The lowest BCUT2D eigenvalue weighted by atomic mass is 10.0. The van der Waals surface area contributed by atoms with Gasteiger partial charge < -0.3 is 4.90 Å². The molecule has 6 nitrogen and oxygen atoms in total. The van der Waals surface area contributed by atoms with Gasteiger partial charge in [0.25, 0.3) is 5.91 Å². The lowest BCUT2D eigenvalue weighted by Crippen LogP contribution is -2.30. The molecule has 7 heteroatoms. The van der Waals surface area contributed by atoms with E-state index in [9.17, 15) is 4.79 Å². The van der Waals surface area contributed by atoms with E-state index in [1.54, 1.807) is 22.4 Å². The van der Waals surface area contributed by atoms with E-state index in [1.165, 1.54) is 0 Å². The number of para-hydroxylation sites is 1. The van der Waals surface area contributed by atoms with Gasteiger partial charge in [-0.3, -0.25) is 4.79 Å². The topological polar surface area (TPSA) is 63.9 Å². The molecule has 4 aromatic rings. The molecule has 0 fully saturated rings. The monoisotopic (exact) mass is 421 g/mol. The minimum Gasteiger partial charge on any atom is -0.332 e. The molecule has 1 aromatic carbocycles. The van der Waals surface area contributed by atoms with Gasteiger partial charge in [0, 0.05) is 18.8 Å². The van der Waals surface area contributed by atoms with Crippen molar-refractivity contribution in [1.82, 2.24) is 24.6 Å². The Balaban J connectivity index is 1.75. The first-order chi connectivity index (χ1) is 14.3. The first-order valence-electron chi connectivity index (χ1n) is 10.3. The summed E-state index contributed by atoms with van der Waals surface area (Å²) in [7, 11) is 1.84. The van der Waals surface area contributed by atoms with Gasteiger partial charge >= 0.3 is 0 Å². The van der Waals surface area contributed by atoms with Crippen LogP contribution in [0, 0.1) is 0 Å². The molecule has 3 heterocycles.